The highest BCUT2D eigenvalue weighted by molar-refractivity contribution is 7.11. The van der Waals surface area contributed by atoms with Crippen molar-refractivity contribution in [2.75, 3.05) is 24.3 Å². The van der Waals surface area contributed by atoms with Gasteiger partial charge in [0.15, 0.2) is 5.82 Å². The van der Waals surface area contributed by atoms with E-state index in [0.29, 0.717) is 5.56 Å². The number of ether oxygens (including phenoxy) is 1. The first kappa shape index (κ1) is 12.8. The Hall–Kier alpha value is -1.30. The molecule has 0 aliphatic carbocycles. The SMILES string of the molecule is CCN(c1snc(N)c1C(=O)OC)C(C)C. The molecule has 1 aromatic heterocycles. The summed E-state index contributed by atoms with van der Waals surface area (Å²) in [6.07, 6.45) is 0. The number of anilines is 2. The Morgan fingerprint density at radius 1 is 1.62 bits per heavy atom. The van der Waals surface area contributed by atoms with Crippen molar-refractivity contribution in [3.8, 4) is 0 Å². The number of carbonyl (C=O) groups is 1. The van der Waals surface area contributed by atoms with Crippen LogP contribution in [0.2, 0.25) is 0 Å². The van der Waals surface area contributed by atoms with Crippen LogP contribution in [0.25, 0.3) is 0 Å². The Balaban J connectivity index is 3.18. The molecule has 0 bridgehead atoms. The molecule has 0 fully saturated rings. The van der Waals surface area contributed by atoms with E-state index in [2.05, 4.69) is 23.1 Å². The van der Waals surface area contributed by atoms with Gasteiger partial charge >= 0.3 is 5.97 Å². The van der Waals surface area contributed by atoms with Crippen LogP contribution in [0.1, 0.15) is 31.1 Å². The number of methoxy groups -OCH3 is 1. The molecule has 1 aromatic rings. The quantitative estimate of drug-likeness (QED) is 0.816. The number of hydrogen-bond donors (Lipinski definition) is 1. The average Bonchev–Trinajstić information content (AvgIpc) is 2.60. The largest absolute Gasteiger partial charge is 0.465 e. The first-order valence-electron chi connectivity index (χ1n) is 5.13. The molecule has 0 unspecified atom stereocenters. The summed E-state index contributed by atoms with van der Waals surface area (Å²) in [6.45, 7) is 6.93. The molecule has 0 saturated heterocycles. The van der Waals surface area contributed by atoms with Crippen LogP contribution in [0.4, 0.5) is 10.8 Å². The minimum absolute atomic E-state index is 0.242. The van der Waals surface area contributed by atoms with Crippen LogP contribution >= 0.6 is 11.5 Å². The second-order valence-electron chi connectivity index (χ2n) is 3.62. The van der Waals surface area contributed by atoms with Crippen molar-refractivity contribution < 1.29 is 9.53 Å². The summed E-state index contributed by atoms with van der Waals surface area (Å²) in [5, 5.41) is 0.779. The Kier molecular flexibility index (Phi) is 4.12. The lowest BCUT2D eigenvalue weighted by atomic mass is 10.2. The lowest BCUT2D eigenvalue weighted by Crippen LogP contribution is -2.31. The normalized spacial score (nSPS) is 10.6. The lowest BCUT2D eigenvalue weighted by molar-refractivity contribution is 0.0603. The number of rotatable bonds is 4. The van der Waals surface area contributed by atoms with Crippen molar-refractivity contribution in [3.05, 3.63) is 5.56 Å². The molecule has 0 spiro atoms. The smallest absolute Gasteiger partial charge is 0.344 e. The van der Waals surface area contributed by atoms with E-state index in [1.54, 1.807) is 0 Å². The third kappa shape index (κ3) is 2.27. The van der Waals surface area contributed by atoms with Gasteiger partial charge in [-0.25, -0.2) is 4.79 Å². The molecule has 0 aromatic carbocycles. The van der Waals surface area contributed by atoms with Gasteiger partial charge in [-0.05, 0) is 32.3 Å². The standard InChI is InChI=1S/C10H17N3O2S/c1-5-13(6(2)3)9-7(10(14)15-4)8(11)12-16-9/h6H,5H2,1-4H3,(H2,11,12). The molecule has 90 valence electrons. The van der Waals surface area contributed by atoms with Crippen molar-refractivity contribution >= 4 is 28.3 Å². The van der Waals surface area contributed by atoms with Gasteiger partial charge in [0.05, 0.1) is 7.11 Å². The van der Waals surface area contributed by atoms with E-state index >= 15 is 0 Å². The highest BCUT2D eigenvalue weighted by Crippen LogP contribution is 2.32. The fourth-order valence-electron chi connectivity index (χ4n) is 1.53. The van der Waals surface area contributed by atoms with Crippen LogP contribution in [-0.2, 0) is 4.74 Å². The third-order valence-corrected chi connectivity index (χ3v) is 3.21. The molecule has 1 rings (SSSR count). The zero-order valence-electron chi connectivity index (χ0n) is 9.98. The molecule has 6 heteroatoms. The molecular weight excluding hydrogens is 226 g/mol. The minimum atomic E-state index is -0.430. The van der Waals surface area contributed by atoms with Crippen LogP contribution in [0.15, 0.2) is 0 Å². The summed E-state index contributed by atoms with van der Waals surface area (Å²) >= 11 is 1.23. The summed E-state index contributed by atoms with van der Waals surface area (Å²) in [6, 6.07) is 0.285. The molecule has 1 heterocycles. The zero-order valence-corrected chi connectivity index (χ0v) is 10.8. The average molecular weight is 243 g/mol. The number of esters is 1. The van der Waals surface area contributed by atoms with E-state index in [4.69, 9.17) is 10.5 Å². The molecule has 0 aliphatic heterocycles. The van der Waals surface area contributed by atoms with Gasteiger partial charge in [-0.1, -0.05) is 0 Å². The summed E-state index contributed by atoms with van der Waals surface area (Å²) in [5.74, 6) is -0.189. The summed E-state index contributed by atoms with van der Waals surface area (Å²) < 4.78 is 8.73. The predicted octanol–water partition coefficient (Wildman–Crippen LogP) is 1.75. The monoisotopic (exact) mass is 243 g/mol. The van der Waals surface area contributed by atoms with Crippen LogP contribution in [0, 0.1) is 0 Å². The van der Waals surface area contributed by atoms with Gasteiger partial charge in [-0.2, -0.15) is 4.37 Å². The third-order valence-electron chi connectivity index (χ3n) is 2.31. The molecule has 2 N–H and O–H groups in total. The van der Waals surface area contributed by atoms with E-state index < -0.39 is 5.97 Å². The Bertz CT molecular complexity index is 376. The molecule has 0 amide bonds. The van der Waals surface area contributed by atoms with Crippen molar-refractivity contribution in [3.63, 3.8) is 0 Å². The zero-order chi connectivity index (χ0) is 12.3. The van der Waals surface area contributed by atoms with Crippen LogP contribution in [0.5, 0.6) is 0 Å². The second-order valence-corrected chi connectivity index (χ2v) is 4.37. The van der Waals surface area contributed by atoms with Crippen LogP contribution in [0.3, 0.4) is 0 Å². The van der Waals surface area contributed by atoms with Crippen molar-refractivity contribution in [1.82, 2.24) is 4.37 Å². The first-order valence-corrected chi connectivity index (χ1v) is 5.90. The Morgan fingerprint density at radius 2 is 2.25 bits per heavy atom. The van der Waals surface area contributed by atoms with E-state index in [-0.39, 0.29) is 11.9 Å². The highest BCUT2D eigenvalue weighted by Gasteiger charge is 2.24. The molecule has 0 radical (unpaired) electrons. The van der Waals surface area contributed by atoms with Crippen LogP contribution in [-0.4, -0.2) is 30.0 Å². The summed E-state index contributed by atoms with van der Waals surface area (Å²) in [5.41, 5.74) is 6.06. The maximum atomic E-state index is 11.6. The Labute approximate surface area is 99.4 Å². The van der Waals surface area contributed by atoms with E-state index in [0.717, 1.165) is 11.5 Å². The number of nitrogen functional groups attached to an aromatic ring is 1. The summed E-state index contributed by atoms with van der Waals surface area (Å²) in [4.78, 5) is 13.7. The number of nitrogens with zero attached hydrogens (tertiary/aromatic N) is 2. The molecule has 0 aliphatic rings. The van der Waals surface area contributed by atoms with Gasteiger partial charge in [0.2, 0.25) is 0 Å². The molecule has 16 heavy (non-hydrogen) atoms. The maximum Gasteiger partial charge on any atom is 0.344 e. The highest BCUT2D eigenvalue weighted by atomic mass is 32.1. The number of nitrogens with two attached hydrogens (primary N) is 1. The van der Waals surface area contributed by atoms with Gasteiger partial charge in [0, 0.05) is 12.6 Å². The van der Waals surface area contributed by atoms with Gasteiger partial charge in [0.25, 0.3) is 0 Å². The van der Waals surface area contributed by atoms with Crippen molar-refractivity contribution in [2.45, 2.75) is 26.8 Å². The number of carbonyl (C=O) groups excluding carboxylic acids is 1. The molecule has 0 saturated carbocycles. The number of aromatic nitrogens is 1. The maximum absolute atomic E-state index is 11.6. The van der Waals surface area contributed by atoms with E-state index in [1.807, 2.05) is 6.92 Å². The minimum Gasteiger partial charge on any atom is -0.465 e. The Morgan fingerprint density at radius 3 is 2.69 bits per heavy atom. The van der Waals surface area contributed by atoms with Gasteiger partial charge in [-0.3, -0.25) is 0 Å². The van der Waals surface area contributed by atoms with Crippen molar-refractivity contribution in [2.24, 2.45) is 0 Å². The fourth-order valence-corrected chi connectivity index (χ4v) is 2.53. The second kappa shape index (κ2) is 5.16. The van der Waals surface area contributed by atoms with E-state index in [9.17, 15) is 4.79 Å². The topological polar surface area (TPSA) is 68.5 Å². The molecule has 0 atom stereocenters. The predicted molar refractivity (Wildman–Crippen MR) is 66.0 cm³/mol. The summed E-state index contributed by atoms with van der Waals surface area (Å²) in [7, 11) is 1.34. The molecular formula is C10H17N3O2S. The molecule has 5 nitrogen and oxygen atoms in total. The van der Waals surface area contributed by atoms with Gasteiger partial charge in [-0.15, -0.1) is 0 Å². The number of hydrogen-bond acceptors (Lipinski definition) is 6. The van der Waals surface area contributed by atoms with Crippen LogP contribution < -0.4 is 10.6 Å². The van der Waals surface area contributed by atoms with Gasteiger partial charge < -0.3 is 15.4 Å². The fraction of sp³-hybridized carbons (Fsp3) is 0.600. The first-order chi connectivity index (χ1) is 7.52. The van der Waals surface area contributed by atoms with Crippen molar-refractivity contribution in [1.29, 1.82) is 0 Å². The lowest BCUT2D eigenvalue weighted by Gasteiger charge is -2.25. The van der Waals surface area contributed by atoms with Gasteiger partial charge in [0.1, 0.15) is 10.6 Å². The van der Waals surface area contributed by atoms with E-state index in [1.165, 1.54) is 18.6 Å².